The van der Waals surface area contributed by atoms with Crippen molar-refractivity contribution in [1.82, 2.24) is 5.32 Å². The topological polar surface area (TPSA) is 29.1 Å². The van der Waals surface area contributed by atoms with Crippen molar-refractivity contribution in [2.75, 3.05) is 13.1 Å². The lowest BCUT2D eigenvalue weighted by atomic mass is 9.78. The molecule has 1 N–H and O–H groups in total. The summed E-state index contributed by atoms with van der Waals surface area (Å²) in [6.45, 7) is 6.03. The van der Waals surface area contributed by atoms with E-state index in [-0.39, 0.29) is 5.41 Å². The van der Waals surface area contributed by atoms with Gasteiger partial charge in [-0.05, 0) is 31.9 Å². The Hall–Kier alpha value is -1.15. The first-order valence-corrected chi connectivity index (χ1v) is 6.46. The molecule has 1 fully saturated rings. The molecule has 1 aromatic rings. The number of Topliss-reactive ketones (excluding diaryl/α,β-unsaturated/α-hetero) is 1. The molecule has 1 aliphatic rings. The van der Waals surface area contributed by atoms with Crippen LogP contribution in [0.1, 0.15) is 30.9 Å². The minimum atomic E-state index is -0.106. The van der Waals surface area contributed by atoms with E-state index < -0.39 is 0 Å². The maximum absolute atomic E-state index is 12.4. The molecule has 17 heavy (non-hydrogen) atoms. The van der Waals surface area contributed by atoms with Gasteiger partial charge in [0.05, 0.1) is 0 Å². The molecule has 92 valence electrons. The van der Waals surface area contributed by atoms with Crippen molar-refractivity contribution in [2.24, 2.45) is 5.41 Å². The van der Waals surface area contributed by atoms with Crippen LogP contribution in [-0.2, 0) is 11.2 Å². The van der Waals surface area contributed by atoms with Crippen molar-refractivity contribution < 1.29 is 4.79 Å². The van der Waals surface area contributed by atoms with E-state index in [1.54, 1.807) is 0 Å². The Labute approximate surface area is 103 Å². The zero-order valence-corrected chi connectivity index (χ0v) is 10.8. The summed E-state index contributed by atoms with van der Waals surface area (Å²) in [6.07, 6.45) is 2.52. The van der Waals surface area contributed by atoms with Crippen LogP contribution in [0.15, 0.2) is 24.3 Å². The summed E-state index contributed by atoms with van der Waals surface area (Å²) >= 11 is 0. The molecule has 0 spiro atoms. The standard InChI is InChI=1S/C15H21NO/c1-3-15(8-9-16-11-15)14(17)10-13-6-4-12(2)5-7-13/h4-7,16H,3,8-11H2,1-2H3. The van der Waals surface area contributed by atoms with E-state index in [0.29, 0.717) is 12.2 Å². The number of rotatable bonds is 4. The van der Waals surface area contributed by atoms with E-state index in [9.17, 15) is 4.79 Å². The summed E-state index contributed by atoms with van der Waals surface area (Å²) in [7, 11) is 0. The highest BCUT2D eigenvalue weighted by Crippen LogP contribution is 2.31. The Balaban J connectivity index is 2.08. The second-order valence-electron chi connectivity index (χ2n) is 5.15. The maximum Gasteiger partial charge on any atom is 0.144 e. The van der Waals surface area contributed by atoms with E-state index in [1.807, 2.05) is 0 Å². The number of nitrogens with one attached hydrogen (secondary N) is 1. The lowest BCUT2D eigenvalue weighted by Gasteiger charge is -2.24. The lowest BCUT2D eigenvalue weighted by molar-refractivity contribution is -0.127. The van der Waals surface area contributed by atoms with E-state index in [0.717, 1.165) is 31.5 Å². The van der Waals surface area contributed by atoms with Gasteiger partial charge in [-0.1, -0.05) is 36.8 Å². The SMILES string of the molecule is CCC1(C(=O)Cc2ccc(C)cc2)CCNC1. The van der Waals surface area contributed by atoms with E-state index >= 15 is 0 Å². The minimum absolute atomic E-state index is 0.106. The molecule has 2 nitrogen and oxygen atoms in total. The number of carbonyl (C=O) groups is 1. The van der Waals surface area contributed by atoms with Crippen molar-refractivity contribution in [2.45, 2.75) is 33.1 Å². The summed E-state index contributed by atoms with van der Waals surface area (Å²) in [5, 5.41) is 3.32. The van der Waals surface area contributed by atoms with Crippen LogP contribution < -0.4 is 5.32 Å². The number of benzene rings is 1. The van der Waals surface area contributed by atoms with Crippen LogP contribution in [0, 0.1) is 12.3 Å². The Bertz CT molecular complexity index is 388. The van der Waals surface area contributed by atoms with Crippen LogP contribution in [0.2, 0.25) is 0 Å². The molecule has 0 radical (unpaired) electrons. The third kappa shape index (κ3) is 2.58. The second-order valence-corrected chi connectivity index (χ2v) is 5.15. The molecule has 0 bridgehead atoms. The molecule has 1 unspecified atom stereocenters. The molecule has 1 aromatic carbocycles. The van der Waals surface area contributed by atoms with Gasteiger partial charge in [0.25, 0.3) is 0 Å². The first kappa shape index (κ1) is 12.3. The summed E-state index contributed by atoms with van der Waals surface area (Å²) in [6, 6.07) is 8.29. The van der Waals surface area contributed by atoms with Crippen LogP contribution in [0.4, 0.5) is 0 Å². The fourth-order valence-corrected chi connectivity index (χ4v) is 2.56. The molecule has 0 amide bonds. The highest BCUT2D eigenvalue weighted by molar-refractivity contribution is 5.87. The van der Waals surface area contributed by atoms with Gasteiger partial charge in [-0.15, -0.1) is 0 Å². The van der Waals surface area contributed by atoms with E-state index in [4.69, 9.17) is 0 Å². The zero-order valence-electron chi connectivity index (χ0n) is 10.8. The minimum Gasteiger partial charge on any atom is -0.316 e. The number of ketones is 1. The quantitative estimate of drug-likeness (QED) is 0.862. The average Bonchev–Trinajstić information content (AvgIpc) is 2.82. The zero-order chi connectivity index (χ0) is 12.3. The summed E-state index contributed by atoms with van der Waals surface area (Å²) < 4.78 is 0. The maximum atomic E-state index is 12.4. The third-order valence-corrected chi connectivity index (χ3v) is 4.00. The van der Waals surface area contributed by atoms with Gasteiger partial charge in [0.15, 0.2) is 0 Å². The molecular weight excluding hydrogens is 210 g/mol. The molecule has 1 saturated heterocycles. The van der Waals surface area contributed by atoms with Crippen molar-refractivity contribution >= 4 is 5.78 Å². The second kappa shape index (κ2) is 5.01. The van der Waals surface area contributed by atoms with Crippen molar-refractivity contribution in [1.29, 1.82) is 0 Å². The van der Waals surface area contributed by atoms with Crippen LogP contribution in [0.5, 0.6) is 0 Å². The van der Waals surface area contributed by atoms with E-state index in [2.05, 4.69) is 43.4 Å². The molecule has 2 heteroatoms. The average molecular weight is 231 g/mol. The van der Waals surface area contributed by atoms with Crippen LogP contribution >= 0.6 is 0 Å². The van der Waals surface area contributed by atoms with Crippen molar-refractivity contribution in [3.05, 3.63) is 35.4 Å². The van der Waals surface area contributed by atoms with Gasteiger partial charge in [0.1, 0.15) is 5.78 Å². The first-order chi connectivity index (χ1) is 8.16. The molecule has 0 saturated carbocycles. The van der Waals surface area contributed by atoms with Crippen LogP contribution in [0.3, 0.4) is 0 Å². The Morgan fingerprint density at radius 2 is 2.06 bits per heavy atom. The van der Waals surface area contributed by atoms with Gasteiger partial charge in [0, 0.05) is 18.4 Å². The molecule has 0 aliphatic carbocycles. The highest BCUT2D eigenvalue weighted by atomic mass is 16.1. The molecule has 1 atom stereocenters. The van der Waals surface area contributed by atoms with Gasteiger partial charge >= 0.3 is 0 Å². The Morgan fingerprint density at radius 1 is 1.35 bits per heavy atom. The fraction of sp³-hybridized carbons (Fsp3) is 0.533. The van der Waals surface area contributed by atoms with Crippen LogP contribution in [-0.4, -0.2) is 18.9 Å². The predicted molar refractivity (Wildman–Crippen MR) is 70.1 cm³/mol. The molecule has 1 aliphatic heterocycles. The van der Waals surface area contributed by atoms with Crippen molar-refractivity contribution in [3.8, 4) is 0 Å². The Morgan fingerprint density at radius 3 is 2.59 bits per heavy atom. The molecular formula is C15H21NO. The van der Waals surface area contributed by atoms with Crippen molar-refractivity contribution in [3.63, 3.8) is 0 Å². The fourth-order valence-electron chi connectivity index (χ4n) is 2.56. The molecule has 0 aromatic heterocycles. The van der Waals surface area contributed by atoms with Gasteiger partial charge < -0.3 is 5.32 Å². The van der Waals surface area contributed by atoms with Gasteiger partial charge in [0.2, 0.25) is 0 Å². The Kier molecular flexibility index (Phi) is 3.63. The summed E-state index contributed by atoms with van der Waals surface area (Å²) in [5.74, 6) is 0.397. The number of aryl methyl sites for hydroxylation is 1. The number of hydrogen-bond acceptors (Lipinski definition) is 2. The predicted octanol–water partition coefficient (Wildman–Crippen LogP) is 2.50. The van der Waals surface area contributed by atoms with Gasteiger partial charge in [-0.25, -0.2) is 0 Å². The van der Waals surface area contributed by atoms with E-state index in [1.165, 1.54) is 5.56 Å². The summed E-state index contributed by atoms with van der Waals surface area (Å²) in [4.78, 5) is 12.4. The number of carbonyl (C=O) groups excluding carboxylic acids is 1. The van der Waals surface area contributed by atoms with Gasteiger partial charge in [-0.2, -0.15) is 0 Å². The number of hydrogen-bond donors (Lipinski definition) is 1. The highest BCUT2D eigenvalue weighted by Gasteiger charge is 2.38. The molecule has 2 rings (SSSR count). The first-order valence-electron chi connectivity index (χ1n) is 6.46. The largest absolute Gasteiger partial charge is 0.316 e. The van der Waals surface area contributed by atoms with Crippen LogP contribution in [0.25, 0.3) is 0 Å². The monoisotopic (exact) mass is 231 g/mol. The normalized spacial score (nSPS) is 23.9. The third-order valence-electron chi connectivity index (χ3n) is 4.00. The smallest absolute Gasteiger partial charge is 0.144 e. The molecule has 1 heterocycles. The lowest BCUT2D eigenvalue weighted by Crippen LogP contribution is -2.34. The van der Waals surface area contributed by atoms with Gasteiger partial charge in [-0.3, -0.25) is 4.79 Å². The summed E-state index contributed by atoms with van der Waals surface area (Å²) in [5.41, 5.74) is 2.28.